The first-order valence-electron chi connectivity index (χ1n) is 6.04. The molecule has 0 bridgehead atoms. The molecule has 1 aliphatic rings. The van der Waals surface area contributed by atoms with Gasteiger partial charge < -0.3 is 0 Å². The lowest BCUT2D eigenvalue weighted by Gasteiger charge is -2.25. The molecule has 0 aliphatic heterocycles. The molecule has 90 valence electrons. The van der Waals surface area contributed by atoms with Crippen LogP contribution in [0.4, 0.5) is 0 Å². The van der Waals surface area contributed by atoms with Crippen molar-refractivity contribution in [1.82, 2.24) is 14.8 Å². The Morgan fingerprint density at radius 3 is 2.56 bits per heavy atom. The molecule has 0 spiro atoms. The summed E-state index contributed by atoms with van der Waals surface area (Å²) in [4.78, 5) is 11.4. The van der Waals surface area contributed by atoms with Crippen molar-refractivity contribution in [3.63, 3.8) is 0 Å². The van der Waals surface area contributed by atoms with E-state index in [1.165, 1.54) is 25.7 Å². The molecule has 0 amide bonds. The van der Waals surface area contributed by atoms with Gasteiger partial charge in [-0.2, -0.15) is 0 Å². The summed E-state index contributed by atoms with van der Waals surface area (Å²) in [6.07, 6.45) is 6.34. The van der Waals surface area contributed by atoms with Crippen LogP contribution in [0.3, 0.4) is 0 Å². The zero-order valence-corrected chi connectivity index (χ0v) is 10.5. The van der Waals surface area contributed by atoms with Crippen LogP contribution in [0.5, 0.6) is 0 Å². The van der Waals surface area contributed by atoms with Gasteiger partial charge in [-0.15, -0.1) is 0 Å². The van der Waals surface area contributed by atoms with Gasteiger partial charge in [-0.25, -0.2) is 9.89 Å². The Morgan fingerprint density at radius 1 is 1.31 bits per heavy atom. The Morgan fingerprint density at radius 2 is 2.00 bits per heavy atom. The Labute approximate surface area is 100 Å². The van der Waals surface area contributed by atoms with Gasteiger partial charge in [0.15, 0.2) is 4.77 Å². The van der Waals surface area contributed by atoms with Gasteiger partial charge in [0.25, 0.3) is 0 Å². The molecule has 1 aliphatic carbocycles. The van der Waals surface area contributed by atoms with Crippen molar-refractivity contribution in [2.75, 3.05) is 0 Å². The van der Waals surface area contributed by atoms with Gasteiger partial charge in [-0.3, -0.25) is 9.67 Å². The SMILES string of the molecule is CC1CCC(CCn2c(=O)[nH][nH]c2=S)CC1. The fraction of sp³-hybridized carbons (Fsp3) is 0.818. The smallest absolute Gasteiger partial charge is 0.272 e. The number of rotatable bonds is 3. The molecule has 2 rings (SSSR count). The van der Waals surface area contributed by atoms with Gasteiger partial charge in [-0.05, 0) is 30.5 Å². The molecular formula is C11H19N3OS. The van der Waals surface area contributed by atoms with Crippen molar-refractivity contribution in [1.29, 1.82) is 0 Å². The van der Waals surface area contributed by atoms with E-state index in [1.54, 1.807) is 4.57 Å². The predicted molar refractivity (Wildman–Crippen MR) is 66.0 cm³/mol. The van der Waals surface area contributed by atoms with Crippen molar-refractivity contribution in [3.8, 4) is 0 Å². The molecule has 1 aromatic rings. The van der Waals surface area contributed by atoms with Gasteiger partial charge in [-0.1, -0.05) is 32.6 Å². The van der Waals surface area contributed by atoms with Crippen molar-refractivity contribution in [2.24, 2.45) is 11.8 Å². The number of hydrogen-bond donors (Lipinski definition) is 2. The summed E-state index contributed by atoms with van der Waals surface area (Å²) in [6, 6.07) is 0. The van der Waals surface area contributed by atoms with Gasteiger partial charge in [0.2, 0.25) is 0 Å². The summed E-state index contributed by atoms with van der Waals surface area (Å²) in [6.45, 7) is 3.07. The predicted octanol–water partition coefficient (Wildman–Crippen LogP) is 2.45. The van der Waals surface area contributed by atoms with Crippen LogP contribution in [0.2, 0.25) is 0 Å². The Hall–Kier alpha value is -0.840. The normalized spacial score (nSPS) is 25.8. The van der Waals surface area contributed by atoms with E-state index in [0.29, 0.717) is 4.77 Å². The van der Waals surface area contributed by atoms with Crippen LogP contribution >= 0.6 is 12.2 Å². The second-order valence-corrected chi connectivity index (χ2v) is 5.31. The first-order chi connectivity index (χ1) is 7.66. The maximum absolute atomic E-state index is 11.4. The standard InChI is InChI=1S/C11H19N3OS/c1-8-2-4-9(5-3-8)6-7-14-10(15)12-13-11(14)16/h8-9H,2-7H2,1H3,(H,12,15)(H,13,16). The van der Waals surface area contributed by atoms with Gasteiger partial charge >= 0.3 is 5.69 Å². The number of nitrogens with one attached hydrogen (secondary N) is 2. The van der Waals surface area contributed by atoms with Gasteiger partial charge in [0.1, 0.15) is 0 Å². The minimum absolute atomic E-state index is 0.117. The molecule has 1 aromatic heterocycles. The molecule has 4 nitrogen and oxygen atoms in total. The molecule has 0 atom stereocenters. The molecule has 0 saturated heterocycles. The minimum atomic E-state index is -0.117. The number of nitrogens with zero attached hydrogens (tertiary/aromatic N) is 1. The van der Waals surface area contributed by atoms with E-state index in [1.807, 2.05) is 0 Å². The zero-order valence-electron chi connectivity index (χ0n) is 9.66. The molecule has 5 heteroatoms. The highest BCUT2D eigenvalue weighted by molar-refractivity contribution is 7.71. The fourth-order valence-corrected chi connectivity index (χ4v) is 2.69. The summed E-state index contributed by atoms with van der Waals surface area (Å²) >= 11 is 5.03. The van der Waals surface area contributed by atoms with Crippen molar-refractivity contribution in [2.45, 2.75) is 45.6 Å². The van der Waals surface area contributed by atoms with Crippen LogP contribution in [0.25, 0.3) is 0 Å². The van der Waals surface area contributed by atoms with Crippen LogP contribution in [0.15, 0.2) is 4.79 Å². The molecular weight excluding hydrogens is 222 g/mol. The van der Waals surface area contributed by atoms with Crippen molar-refractivity contribution in [3.05, 3.63) is 15.3 Å². The molecule has 0 aromatic carbocycles. The third kappa shape index (κ3) is 2.64. The van der Waals surface area contributed by atoms with E-state index in [2.05, 4.69) is 17.1 Å². The van der Waals surface area contributed by atoms with Crippen LogP contribution in [0, 0.1) is 16.6 Å². The maximum atomic E-state index is 11.4. The van der Waals surface area contributed by atoms with E-state index in [9.17, 15) is 4.79 Å². The molecule has 16 heavy (non-hydrogen) atoms. The average Bonchev–Trinajstić information content (AvgIpc) is 2.59. The van der Waals surface area contributed by atoms with E-state index in [4.69, 9.17) is 12.2 Å². The lowest BCUT2D eigenvalue weighted by Crippen LogP contribution is -2.20. The average molecular weight is 241 g/mol. The summed E-state index contributed by atoms with van der Waals surface area (Å²) in [5.41, 5.74) is -0.117. The monoisotopic (exact) mass is 241 g/mol. The molecule has 1 fully saturated rings. The second kappa shape index (κ2) is 4.99. The summed E-state index contributed by atoms with van der Waals surface area (Å²) in [7, 11) is 0. The Bertz CT molecular complexity index is 409. The lowest BCUT2D eigenvalue weighted by atomic mass is 9.81. The molecule has 1 heterocycles. The summed E-state index contributed by atoms with van der Waals surface area (Å²) in [5.74, 6) is 1.65. The van der Waals surface area contributed by atoms with Crippen LogP contribution < -0.4 is 5.69 Å². The highest BCUT2D eigenvalue weighted by Gasteiger charge is 2.18. The van der Waals surface area contributed by atoms with E-state index in [-0.39, 0.29) is 5.69 Å². The summed E-state index contributed by atoms with van der Waals surface area (Å²) < 4.78 is 2.13. The highest BCUT2D eigenvalue weighted by atomic mass is 32.1. The summed E-state index contributed by atoms with van der Waals surface area (Å²) in [5, 5.41) is 5.18. The third-order valence-electron chi connectivity index (χ3n) is 3.66. The lowest BCUT2D eigenvalue weighted by molar-refractivity contribution is 0.268. The number of aromatic amines is 2. The number of H-pyrrole nitrogens is 2. The molecule has 0 unspecified atom stereocenters. The highest BCUT2D eigenvalue weighted by Crippen LogP contribution is 2.30. The first-order valence-corrected chi connectivity index (χ1v) is 6.45. The van der Waals surface area contributed by atoms with E-state index < -0.39 is 0 Å². The van der Waals surface area contributed by atoms with Crippen LogP contribution in [0.1, 0.15) is 39.0 Å². The topological polar surface area (TPSA) is 53.6 Å². The first kappa shape index (κ1) is 11.6. The zero-order chi connectivity index (χ0) is 11.5. The minimum Gasteiger partial charge on any atom is -0.272 e. The molecule has 0 radical (unpaired) electrons. The van der Waals surface area contributed by atoms with Crippen molar-refractivity contribution < 1.29 is 0 Å². The van der Waals surface area contributed by atoms with E-state index in [0.717, 1.165) is 24.8 Å². The fourth-order valence-electron chi connectivity index (χ4n) is 2.47. The largest absolute Gasteiger partial charge is 0.342 e. The van der Waals surface area contributed by atoms with Gasteiger partial charge in [0.05, 0.1) is 0 Å². The number of hydrogen-bond acceptors (Lipinski definition) is 2. The maximum Gasteiger partial charge on any atom is 0.342 e. The van der Waals surface area contributed by atoms with Crippen LogP contribution in [-0.2, 0) is 6.54 Å². The van der Waals surface area contributed by atoms with E-state index >= 15 is 0 Å². The Balaban J connectivity index is 1.88. The second-order valence-electron chi connectivity index (χ2n) is 4.93. The van der Waals surface area contributed by atoms with Crippen molar-refractivity contribution >= 4 is 12.2 Å². The third-order valence-corrected chi connectivity index (χ3v) is 3.99. The van der Waals surface area contributed by atoms with Crippen LogP contribution in [-0.4, -0.2) is 14.8 Å². The van der Waals surface area contributed by atoms with Gasteiger partial charge in [0, 0.05) is 6.54 Å². The number of aromatic nitrogens is 3. The quantitative estimate of drug-likeness (QED) is 0.799. The Kier molecular flexibility index (Phi) is 3.63. The molecule has 1 saturated carbocycles. The molecule has 2 N–H and O–H groups in total.